The van der Waals surface area contributed by atoms with E-state index in [0.29, 0.717) is 30.9 Å². The Morgan fingerprint density at radius 1 is 0.919 bits per heavy atom. The molecule has 7 heteroatoms. The van der Waals surface area contributed by atoms with Crippen LogP contribution in [0.4, 0.5) is 11.5 Å². The molecule has 0 N–H and O–H groups in total. The summed E-state index contributed by atoms with van der Waals surface area (Å²) in [6.07, 6.45) is 6.38. The minimum absolute atomic E-state index is 0.0567. The maximum Gasteiger partial charge on any atom is 0.227 e. The number of carbonyl (C=O) groups is 2. The van der Waals surface area contributed by atoms with E-state index in [1.807, 2.05) is 29.2 Å². The van der Waals surface area contributed by atoms with Crippen molar-refractivity contribution in [1.82, 2.24) is 14.9 Å². The van der Waals surface area contributed by atoms with E-state index in [1.54, 1.807) is 0 Å². The molecule has 0 radical (unpaired) electrons. The molecule has 1 aromatic carbocycles. The summed E-state index contributed by atoms with van der Waals surface area (Å²) in [5, 5.41) is 0. The number of piperazine rings is 1. The Labute approximate surface area is 221 Å². The third-order valence-corrected chi connectivity index (χ3v) is 8.09. The molecule has 3 heterocycles. The molecule has 2 aliphatic heterocycles. The second kappa shape index (κ2) is 10.9. The second-order valence-electron chi connectivity index (χ2n) is 11.9. The molecule has 198 valence electrons. The van der Waals surface area contributed by atoms with Crippen LogP contribution in [-0.2, 0) is 10.2 Å². The molecular formula is C30H41N5O2. The lowest BCUT2D eigenvalue weighted by Crippen LogP contribution is -2.47. The molecular weight excluding hydrogens is 462 g/mol. The molecule has 1 saturated carbocycles. The number of aromatic nitrogens is 2. The molecule has 2 fully saturated rings. The number of benzene rings is 1. The zero-order valence-electron chi connectivity index (χ0n) is 22.7. The van der Waals surface area contributed by atoms with Crippen molar-refractivity contribution in [3.8, 4) is 0 Å². The topological polar surface area (TPSA) is 69.6 Å². The van der Waals surface area contributed by atoms with Crippen molar-refractivity contribution >= 4 is 23.2 Å². The fourth-order valence-corrected chi connectivity index (χ4v) is 5.48. The van der Waals surface area contributed by atoms with Gasteiger partial charge in [0.05, 0.1) is 5.69 Å². The van der Waals surface area contributed by atoms with Gasteiger partial charge in [-0.1, -0.05) is 39.3 Å². The number of hydrogen-bond acceptors (Lipinski definition) is 6. The number of rotatable bonds is 7. The summed E-state index contributed by atoms with van der Waals surface area (Å²) in [4.78, 5) is 41.9. The van der Waals surface area contributed by atoms with Gasteiger partial charge in [0, 0.05) is 74.2 Å². The van der Waals surface area contributed by atoms with Gasteiger partial charge in [0.25, 0.3) is 0 Å². The highest BCUT2D eigenvalue weighted by Crippen LogP contribution is 2.37. The van der Waals surface area contributed by atoms with Crippen LogP contribution in [-0.4, -0.2) is 65.8 Å². The molecule has 0 atom stereocenters. The normalized spacial score (nSPS) is 19.5. The zero-order chi connectivity index (χ0) is 26.0. The maximum absolute atomic E-state index is 12.7. The summed E-state index contributed by atoms with van der Waals surface area (Å²) in [5.41, 5.74) is 2.64. The van der Waals surface area contributed by atoms with Crippen molar-refractivity contribution in [1.29, 1.82) is 0 Å². The van der Waals surface area contributed by atoms with Gasteiger partial charge in [-0.25, -0.2) is 9.97 Å². The minimum atomic E-state index is -0.0567. The maximum atomic E-state index is 12.7. The molecule has 2 aromatic rings. The van der Waals surface area contributed by atoms with Crippen molar-refractivity contribution in [2.75, 3.05) is 49.1 Å². The van der Waals surface area contributed by atoms with Crippen LogP contribution in [0.2, 0.25) is 0 Å². The first-order valence-electron chi connectivity index (χ1n) is 14.1. The minimum Gasteiger partial charge on any atom is -0.354 e. The fourth-order valence-electron chi connectivity index (χ4n) is 5.48. The van der Waals surface area contributed by atoms with Crippen LogP contribution in [0.1, 0.15) is 93.5 Å². The molecule has 0 bridgehead atoms. The molecule has 1 aromatic heterocycles. The Bertz CT molecular complexity index is 1130. The smallest absolute Gasteiger partial charge is 0.227 e. The van der Waals surface area contributed by atoms with E-state index in [9.17, 15) is 9.59 Å². The molecule has 1 amide bonds. The number of Topliss-reactive ketones (excluding diaryl/α,β-unsaturated/α-hetero) is 1. The fraction of sp³-hybridized carbons (Fsp3) is 0.600. The Morgan fingerprint density at radius 2 is 1.65 bits per heavy atom. The first-order chi connectivity index (χ1) is 17.8. The lowest BCUT2D eigenvalue weighted by Gasteiger charge is -2.36. The third kappa shape index (κ3) is 5.87. The number of para-hydroxylation sites is 1. The van der Waals surface area contributed by atoms with Gasteiger partial charge in [-0.2, -0.15) is 0 Å². The van der Waals surface area contributed by atoms with Crippen LogP contribution in [0.15, 0.2) is 30.3 Å². The predicted molar refractivity (Wildman–Crippen MR) is 148 cm³/mol. The first kappa shape index (κ1) is 25.8. The average molecular weight is 504 g/mol. The highest BCUT2D eigenvalue weighted by Gasteiger charge is 2.28. The van der Waals surface area contributed by atoms with Gasteiger partial charge >= 0.3 is 0 Å². The van der Waals surface area contributed by atoms with Gasteiger partial charge in [0.2, 0.25) is 5.91 Å². The van der Waals surface area contributed by atoms with Crippen molar-refractivity contribution in [2.24, 2.45) is 0 Å². The first-order valence-corrected chi connectivity index (χ1v) is 14.1. The highest BCUT2D eigenvalue weighted by atomic mass is 16.2. The molecule has 5 rings (SSSR count). The van der Waals surface area contributed by atoms with Crippen LogP contribution in [0.3, 0.4) is 0 Å². The van der Waals surface area contributed by atoms with E-state index in [1.165, 1.54) is 25.0 Å². The lowest BCUT2D eigenvalue weighted by molar-refractivity contribution is -0.118. The summed E-state index contributed by atoms with van der Waals surface area (Å²) >= 11 is 0. The van der Waals surface area contributed by atoms with Crippen LogP contribution in [0, 0.1) is 0 Å². The highest BCUT2D eigenvalue weighted by molar-refractivity contribution is 6.10. The lowest BCUT2D eigenvalue weighted by atomic mass is 9.82. The second-order valence-corrected chi connectivity index (χ2v) is 11.9. The number of nitrogens with zero attached hydrogens (tertiary/aromatic N) is 5. The summed E-state index contributed by atoms with van der Waals surface area (Å²) in [7, 11) is 0. The monoisotopic (exact) mass is 503 g/mol. The van der Waals surface area contributed by atoms with Crippen LogP contribution < -0.4 is 9.80 Å². The van der Waals surface area contributed by atoms with Crippen molar-refractivity contribution < 1.29 is 9.59 Å². The molecule has 0 spiro atoms. The largest absolute Gasteiger partial charge is 0.354 e. The van der Waals surface area contributed by atoms with E-state index < -0.39 is 0 Å². The molecule has 7 nitrogen and oxygen atoms in total. The Hall–Kier alpha value is -2.80. The van der Waals surface area contributed by atoms with Gasteiger partial charge in [-0.05, 0) is 44.4 Å². The Balaban J connectivity index is 1.14. The van der Waals surface area contributed by atoms with E-state index in [2.05, 4.69) is 36.6 Å². The molecule has 37 heavy (non-hydrogen) atoms. The van der Waals surface area contributed by atoms with Crippen molar-refractivity contribution in [2.45, 2.75) is 77.0 Å². The Morgan fingerprint density at radius 3 is 2.35 bits per heavy atom. The predicted octanol–water partition coefficient (Wildman–Crippen LogP) is 4.95. The van der Waals surface area contributed by atoms with Gasteiger partial charge in [-0.3, -0.25) is 14.5 Å². The number of carbonyl (C=O) groups excluding carboxylic acids is 2. The molecule has 1 saturated heterocycles. The number of amides is 1. The van der Waals surface area contributed by atoms with Crippen LogP contribution in [0.5, 0.6) is 0 Å². The van der Waals surface area contributed by atoms with Gasteiger partial charge < -0.3 is 9.80 Å². The summed E-state index contributed by atoms with van der Waals surface area (Å²) in [6, 6.07) is 9.79. The summed E-state index contributed by atoms with van der Waals surface area (Å²) < 4.78 is 0. The SMILES string of the molecule is CC(C)(C)c1nc(C2CCC2)cc(N2CCN(CCCCN3C(=O)CCC(=O)c4ccccc43)CC2)n1. The number of unbranched alkanes of at least 4 members (excludes halogenated alkanes) is 1. The van der Waals surface area contributed by atoms with E-state index >= 15 is 0 Å². The summed E-state index contributed by atoms with van der Waals surface area (Å²) in [6.45, 7) is 12.3. The van der Waals surface area contributed by atoms with Crippen molar-refractivity contribution in [3.63, 3.8) is 0 Å². The molecule has 3 aliphatic rings. The van der Waals surface area contributed by atoms with E-state index in [-0.39, 0.29) is 17.1 Å². The van der Waals surface area contributed by atoms with Crippen LogP contribution >= 0.6 is 0 Å². The summed E-state index contributed by atoms with van der Waals surface area (Å²) in [5.74, 6) is 2.79. The number of fused-ring (bicyclic) bond motifs is 1. The van der Waals surface area contributed by atoms with E-state index in [4.69, 9.17) is 9.97 Å². The van der Waals surface area contributed by atoms with Gasteiger partial charge in [0.15, 0.2) is 5.78 Å². The quantitative estimate of drug-likeness (QED) is 0.498. The van der Waals surface area contributed by atoms with E-state index in [0.717, 1.165) is 62.9 Å². The number of anilines is 2. The Kier molecular flexibility index (Phi) is 7.61. The standard InChI is InChI=1S/C30H41N5O2/c1-30(2,3)29-31-24(22-9-8-10-22)21-27(32-29)34-19-17-33(18-20-34)15-6-7-16-35-25-12-5-4-11-23(25)26(36)13-14-28(35)37/h4-5,11-12,21-22H,6-10,13-20H2,1-3H3. The van der Waals surface area contributed by atoms with Crippen molar-refractivity contribution in [3.05, 3.63) is 47.4 Å². The molecule has 1 aliphatic carbocycles. The van der Waals surface area contributed by atoms with Gasteiger partial charge in [-0.15, -0.1) is 0 Å². The average Bonchev–Trinajstić information content (AvgIpc) is 2.97. The zero-order valence-corrected chi connectivity index (χ0v) is 22.7. The third-order valence-electron chi connectivity index (χ3n) is 8.09. The molecule has 0 unspecified atom stereocenters. The number of ketones is 1. The van der Waals surface area contributed by atoms with Crippen LogP contribution in [0.25, 0.3) is 0 Å². The van der Waals surface area contributed by atoms with Gasteiger partial charge in [0.1, 0.15) is 11.6 Å². The number of hydrogen-bond donors (Lipinski definition) is 0.